The Balaban J connectivity index is 1.61. The smallest absolute Gasteiger partial charge is 0.271 e. The number of fused-ring (bicyclic) bond motifs is 2. The van der Waals surface area contributed by atoms with Crippen LogP contribution in [0.25, 0.3) is 0 Å². The SMILES string of the molecule is Cc1cnc(C(=O)NC(C)C2CC3CCC2C3)cn1. The minimum absolute atomic E-state index is 0.0947. The molecule has 2 saturated carbocycles. The number of nitrogens with one attached hydrogen (secondary N) is 1. The van der Waals surface area contributed by atoms with Crippen molar-refractivity contribution in [1.82, 2.24) is 15.3 Å². The van der Waals surface area contributed by atoms with Gasteiger partial charge in [0.05, 0.1) is 11.9 Å². The Morgan fingerprint density at radius 2 is 2.16 bits per heavy atom. The Labute approximate surface area is 114 Å². The molecular formula is C15H21N3O. The fraction of sp³-hybridized carbons (Fsp3) is 0.667. The van der Waals surface area contributed by atoms with E-state index in [9.17, 15) is 4.79 Å². The largest absolute Gasteiger partial charge is 0.348 e. The molecule has 19 heavy (non-hydrogen) atoms. The van der Waals surface area contributed by atoms with E-state index in [1.165, 1.54) is 25.7 Å². The molecule has 2 aliphatic rings. The molecule has 0 spiro atoms. The molecule has 4 atom stereocenters. The third-order valence-corrected chi connectivity index (χ3v) is 4.81. The Kier molecular flexibility index (Phi) is 3.25. The third-order valence-electron chi connectivity index (χ3n) is 4.81. The van der Waals surface area contributed by atoms with Gasteiger partial charge in [0.25, 0.3) is 5.91 Å². The van der Waals surface area contributed by atoms with E-state index in [0.717, 1.165) is 17.5 Å². The van der Waals surface area contributed by atoms with Gasteiger partial charge in [0.1, 0.15) is 5.69 Å². The molecule has 0 saturated heterocycles. The Morgan fingerprint density at radius 1 is 1.32 bits per heavy atom. The first-order valence-electron chi connectivity index (χ1n) is 7.23. The van der Waals surface area contributed by atoms with Crippen molar-refractivity contribution in [1.29, 1.82) is 0 Å². The molecule has 2 aliphatic carbocycles. The molecule has 1 aromatic rings. The highest BCUT2D eigenvalue weighted by molar-refractivity contribution is 5.92. The summed E-state index contributed by atoms with van der Waals surface area (Å²) in [6, 6.07) is 0.242. The van der Waals surface area contributed by atoms with Gasteiger partial charge in [-0.1, -0.05) is 6.42 Å². The van der Waals surface area contributed by atoms with Crippen LogP contribution in [-0.2, 0) is 0 Å². The van der Waals surface area contributed by atoms with Crippen molar-refractivity contribution in [3.63, 3.8) is 0 Å². The summed E-state index contributed by atoms with van der Waals surface area (Å²) >= 11 is 0. The first kappa shape index (κ1) is 12.6. The number of nitrogens with zero attached hydrogens (tertiary/aromatic N) is 2. The van der Waals surface area contributed by atoms with Crippen molar-refractivity contribution in [2.24, 2.45) is 17.8 Å². The van der Waals surface area contributed by atoms with Gasteiger partial charge in [-0.2, -0.15) is 0 Å². The summed E-state index contributed by atoms with van der Waals surface area (Å²) in [7, 11) is 0. The van der Waals surface area contributed by atoms with Gasteiger partial charge < -0.3 is 5.32 Å². The van der Waals surface area contributed by atoms with Crippen molar-refractivity contribution in [2.75, 3.05) is 0 Å². The van der Waals surface area contributed by atoms with E-state index in [4.69, 9.17) is 0 Å². The number of carbonyl (C=O) groups excluding carboxylic acids is 1. The Morgan fingerprint density at radius 3 is 2.74 bits per heavy atom. The highest BCUT2D eigenvalue weighted by atomic mass is 16.1. The number of rotatable bonds is 3. The topological polar surface area (TPSA) is 54.9 Å². The van der Waals surface area contributed by atoms with Crippen LogP contribution < -0.4 is 5.32 Å². The molecule has 2 bridgehead atoms. The third kappa shape index (κ3) is 2.48. The zero-order valence-electron chi connectivity index (χ0n) is 11.6. The van der Waals surface area contributed by atoms with E-state index in [1.54, 1.807) is 12.4 Å². The predicted molar refractivity (Wildman–Crippen MR) is 72.6 cm³/mol. The van der Waals surface area contributed by atoms with Crippen LogP contribution in [-0.4, -0.2) is 21.9 Å². The summed E-state index contributed by atoms with van der Waals surface area (Å²) in [4.78, 5) is 20.4. The van der Waals surface area contributed by atoms with Crippen molar-refractivity contribution in [3.8, 4) is 0 Å². The van der Waals surface area contributed by atoms with Crippen molar-refractivity contribution in [3.05, 3.63) is 23.8 Å². The average molecular weight is 259 g/mol. The van der Waals surface area contributed by atoms with Crippen molar-refractivity contribution >= 4 is 5.91 Å². The second kappa shape index (κ2) is 4.91. The van der Waals surface area contributed by atoms with Crippen LogP contribution in [0.5, 0.6) is 0 Å². The number of aryl methyl sites for hydroxylation is 1. The maximum Gasteiger partial charge on any atom is 0.271 e. The van der Waals surface area contributed by atoms with Crippen LogP contribution in [0.15, 0.2) is 12.4 Å². The summed E-state index contributed by atoms with van der Waals surface area (Å²) in [6.07, 6.45) is 8.58. The molecule has 1 heterocycles. The van der Waals surface area contributed by atoms with Crippen LogP contribution in [0.2, 0.25) is 0 Å². The quantitative estimate of drug-likeness (QED) is 0.906. The molecule has 2 fully saturated rings. The zero-order valence-corrected chi connectivity index (χ0v) is 11.6. The summed E-state index contributed by atoms with van der Waals surface area (Å²) in [6.45, 7) is 4.00. The van der Waals surface area contributed by atoms with Crippen molar-refractivity contribution in [2.45, 2.75) is 45.6 Å². The lowest BCUT2D eigenvalue weighted by Gasteiger charge is -2.28. The van der Waals surface area contributed by atoms with E-state index >= 15 is 0 Å². The number of aromatic nitrogens is 2. The van der Waals surface area contributed by atoms with Crippen LogP contribution in [0.3, 0.4) is 0 Å². The van der Waals surface area contributed by atoms with E-state index in [2.05, 4.69) is 22.2 Å². The number of amides is 1. The minimum atomic E-state index is -0.0947. The summed E-state index contributed by atoms with van der Waals surface area (Å²) < 4.78 is 0. The predicted octanol–water partition coefficient (Wildman–Crippen LogP) is 2.34. The van der Waals surface area contributed by atoms with Crippen LogP contribution in [0.1, 0.15) is 48.8 Å². The van der Waals surface area contributed by atoms with Gasteiger partial charge in [-0.3, -0.25) is 9.78 Å². The zero-order chi connectivity index (χ0) is 13.4. The number of carbonyl (C=O) groups is 1. The van der Waals surface area contributed by atoms with Gasteiger partial charge >= 0.3 is 0 Å². The molecule has 4 unspecified atom stereocenters. The fourth-order valence-corrected chi connectivity index (χ4v) is 3.80. The normalized spacial score (nSPS) is 30.3. The standard InChI is InChI=1S/C15H21N3O/c1-9-7-17-14(8-16-9)15(19)18-10(2)13-6-11-3-4-12(13)5-11/h7-8,10-13H,3-6H2,1-2H3,(H,18,19). The molecule has 3 rings (SSSR count). The highest BCUT2D eigenvalue weighted by Gasteiger charge is 2.42. The Hall–Kier alpha value is -1.45. The van der Waals surface area contributed by atoms with Crippen molar-refractivity contribution < 1.29 is 4.79 Å². The summed E-state index contributed by atoms with van der Waals surface area (Å²) in [5, 5.41) is 3.10. The van der Waals surface area contributed by atoms with Gasteiger partial charge in [0.2, 0.25) is 0 Å². The van der Waals surface area contributed by atoms with Crippen LogP contribution in [0, 0.1) is 24.7 Å². The Bertz CT molecular complexity index is 471. The second-order valence-corrected chi connectivity index (χ2v) is 6.14. The maximum atomic E-state index is 12.1. The van der Waals surface area contributed by atoms with E-state index in [0.29, 0.717) is 11.6 Å². The minimum Gasteiger partial charge on any atom is -0.348 e. The molecule has 1 N–H and O–H groups in total. The second-order valence-electron chi connectivity index (χ2n) is 6.14. The lowest BCUT2D eigenvalue weighted by Crippen LogP contribution is -2.40. The molecule has 1 aromatic heterocycles. The molecule has 0 aromatic carbocycles. The molecule has 102 valence electrons. The van der Waals surface area contributed by atoms with E-state index in [1.807, 2.05) is 6.92 Å². The van der Waals surface area contributed by atoms with Gasteiger partial charge in [0.15, 0.2) is 0 Å². The fourth-order valence-electron chi connectivity index (χ4n) is 3.80. The van der Waals surface area contributed by atoms with Gasteiger partial charge in [-0.05, 0) is 50.9 Å². The van der Waals surface area contributed by atoms with E-state index < -0.39 is 0 Å². The van der Waals surface area contributed by atoms with E-state index in [-0.39, 0.29) is 11.9 Å². The lowest BCUT2D eigenvalue weighted by molar-refractivity contribution is 0.0910. The molecule has 4 heteroatoms. The molecule has 0 aliphatic heterocycles. The molecule has 4 nitrogen and oxygen atoms in total. The average Bonchev–Trinajstić information content (AvgIpc) is 3.01. The maximum absolute atomic E-state index is 12.1. The summed E-state index contributed by atoms with van der Waals surface area (Å²) in [5.41, 5.74) is 1.25. The highest BCUT2D eigenvalue weighted by Crippen LogP contribution is 2.49. The van der Waals surface area contributed by atoms with Crippen LogP contribution in [0.4, 0.5) is 0 Å². The number of hydrogen-bond donors (Lipinski definition) is 1. The summed E-state index contributed by atoms with van der Waals surface area (Å²) in [5.74, 6) is 2.29. The molecule has 0 radical (unpaired) electrons. The molecule has 1 amide bonds. The monoisotopic (exact) mass is 259 g/mol. The van der Waals surface area contributed by atoms with Gasteiger partial charge in [0, 0.05) is 12.2 Å². The van der Waals surface area contributed by atoms with Gasteiger partial charge in [-0.15, -0.1) is 0 Å². The first-order valence-corrected chi connectivity index (χ1v) is 7.23. The lowest BCUT2D eigenvalue weighted by atomic mass is 9.84. The first-order chi connectivity index (χ1) is 9.13. The van der Waals surface area contributed by atoms with Crippen LogP contribution >= 0.6 is 0 Å². The van der Waals surface area contributed by atoms with Gasteiger partial charge in [-0.25, -0.2) is 4.98 Å². The number of hydrogen-bond acceptors (Lipinski definition) is 3. The molecular weight excluding hydrogens is 238 g/mol.